The van der Waals surface area contributed by atoms with E-state index in [9.17, 15) is 30.0 Å². The van der Waals surface area contributed by atoms with Gasteiger partial charge in [0.15, 0.2) is 0 Å². The summed E-state index contributed by atoms with van der Waals surface area (Å²) >= 11 is 0. The van der Waals surface area contributed by atoms with Gasteiger partial charge < -0.3 is 25.2 Å². The van der Waals surface area contributed by atoms with Crippen LogP contribution in [-0.2, 0) is 14.3 Å². The summed E-state index contributed by atoms with van der Waals surface area (Å²) in [6.45, 7) is 10.6. The minimum absolute atomic E-state index is 0.0778. The predicted molar refractivity (Wildman–Crippen MR) is 142 cm³/mol. The molecule has 0 aromatic carbocycles. The summed E-state index contributed by atoms with van der Waals surface area (Å²) in [6, 6.07) is 0. The normalized spacial score (nSPS) is 53.9. The number of esters is 1. The van der Waals surface area contributed by atoms with Crippen molar-refractivity contribution in [2.45, 2.75) is 105 Å². The predicted octanol–water partition coefficient (Wildman–Crippen LogP) is 4.33. The van der Waals surface area contributed by atoms with E-state index < -0.39 is 34.4 Å². The average molecular weight is 533 g/mol. The van der Waals surface area contributed by atoms with Crippen LogP contribution in [0.4, 0.5) is 0 Å². The zero-order valence-electron chi connectivity index (χ0n) is 24.0. The van der Waals surface area contributed by atoms with Crippen molar-refractivity contribution in [1.82, 2.24) is 0 Å². The molecule has 7 nitrogen and oxygen atoms in total. The Hall–Kier alpha value is -1.44. The molecule has 38 heavy (non-hydrogen) atoms. The van der Waals surface area contributed by atoms with Crippen molar-refractivity contribution in [2.24, 2.45) is 50.2 Å². The second kappa shape index (κ2) is 8.53. The summed E-state index contributed by atoms with van der Waals surface area (Å²) in [7, 11) is 1.41. The number of aliphatic hydroxyl groups is 3. The molecule has 0 saturated heterocycles. The van der Waals surface area contributed by atoms with E-state index in [1.807, 2.05) is 13.8 Å². The van der Waals surface area contributed by atoms with Gasteiger partial charge in [-0.15, -0.1) is 0 Å². The second-order valence-corrected chi connectivity index (χ2v) is 14.9. The Kier molecular flexibility index (Phi) is 6.31. The standard InChI is InChI=1S/C31H48O7/c1-26(25(37)38-6)11-13-31(24(35)36)14-12-29(4)18(19(31)15-26)7-8-22-27(2)16-20(33)23(34)28(3,17-32)21(27)9-10-30(22,29)5/h7,19-23,32-34H,8-17H2,1-6H3,(H,35,36)/t19-,20-,21+,22+,23-,26+,27+,28+,29+,30-,31-/m0/s1. The fourth-order valence-electron chi connectivity index (χ4n) is 11.0. The first kappa shape index (κ1) is 28.1. The van der Waals surface area contributed by atoms with Gasteiger partial charge in [0.1, 0.15) is 0 Å². The third-order valence-corrected chi connectivity index (χ3v) is 13.6. The molecule has 5 aliphatic carbocycles. The van der Waals surface area contributed by atoms with Gasteiger partial charge in [-0.2, -0.15) is 0 Å². The number of carbonyl (C=O) groups excluding carboxylic acids is 1. The molecule has 4 fully saturated rings. The summed E-state index contributed by atoms with van der Waals surface area (Å²) in [4.78, 5) is 25.8. The lowest BCUT2D eigenvalue weighted by atomic mass is 9.33. The Bertz CT molecular complexity index is 1050. The number of carboxylic acids is 1. The van der Waals surface area contributed by atoms with Gasteiger partial charge in [-0.05, 0) is 98.7 Å². The minimum Gasteiger partial charge on any atom is -0.481 e. The molecule has 0 bridgehead atoms. The van der Waals surface area contributed by atoms with E-state index in [2.05, 4.69) is 26.8 Å². The third-order valence-electron chi connectivity index (χ3n) is 13.6. The van der Waals surface area contributed by atoms with Crippen LogP contribution in [0.25, 0.3) is 0 Å². The highest BCUT2D eigenvalue weighted by atomic mass is 16.5. The fraction of sp³-hybridized carbons (Fsp3) is 0.871. The van der Waals surface area contributed by atoms with Gasteiger partial charge in [0.05, 0.1) is 36.8 Å². The maximum absolute atomic E-state index is 12.9. The summed E-state index contributed by atoms with van der Waals surface area (Å²) in [5.74, 6) is -0.919. The number of hydrogen-bond acceptors (Lipinski definition) is 6. The maximum atomic E-state index is 12.9. The molecule has 0 unspecified atom stereocenters. The van der Waals surface area contributed by atoms with Crippen LogP contribution in [0.2, 0.25) is 0 Å². The van der Waals surface area contributed by atoms with Gasteiger partial charge in [0.25, 0.3) is 0 Å². The maximum Gasteiger partial charge on any atom is 0.311 e. The smallest absolute Gasteiger partial charge is 0.311 e. The Morgan fingerprint density at radius 3 is 2.24 bits per heavy atom. The number of fused-ring (bicyclic) bond motifs is 7. The first-order valence-corrected chi connectivity index (χ1v) is 14.6. The quantitative estimate of drug-likeness (QED) is 0.315. The molecule has 5 aliphatic rings. The van der Waals surface area contributed by atoms with Crippen LogP contribution < -0.4 is 0 Å². The van der Waals surface area contributed by atoms with Gasteiger partial charge in [-0.25, -0.2) is 0 Å². The van der Waals surface area contributed by atoms with E-state index in [4.69, 9.17) is 4.74 Å². The number of allylic oxidation sites excluding steroid dienone is 2. The highest BCUT2D eigenvalue weighted by Crippen LogP contribution is 2.75. The lowest BCUT2D eigenvalue weighted by Gasteiger charge is -2.71. The van der Waals surface area contributed by atoms with Crippen LogP contribution in [0.5, 0.6) is 0 Å². The molecule has 214 valence electrons. The summed E-state index contributed by atoms with van der Waals surface area (Å²) < 4.78 is 5.18. The molecule has 0 heterocycles. The van der Waals surface area contributed by atoms with Crippen molar-refractivity contribution < 1.29 is 34.8 Å². The van der Waals surface area contributed by atoms with E-state index in [0.29, 0.717) is 32.1 Å². The fourth-order valence-corrected chi connectivity index (χ4v) is 11.0. The van der Waals surface area contributed by atoms with Crippen molar-refractivity contribution in [3.05, 3.63) is 11.6 Å². The number of methoxy groups -OCH3 is 1. The zero-order chi connectivity index (χ0) is 28.1. The Labute approximate surface area is 227 Å². The van der Waals surface area contributed by atoms with Crippen LogP contribution >= 0.6 is 0 Å². The van der Waals surface area contributed by atoms with Gasteiger partial charge >= 0.3 is 11.9 Å². The largest absolute Gasteiger partial charge is 0.481 e. The number of aliphatic hydroxyl groups excluding tert-OH is 3. The van der Waals surface area contributed by atoms with E-state index >= 15 is 0 Å². The topological polar surface area (TPSA) is 124 Å². The highest BCUT2D eigenvalue weighted by molar-refractivity contribution is 5.80. The number of carbonyl (C=O) groups is 2. The van der Waals surface area contributed by atoms with Gasteiger partial charge in [0.2, 0.25) is 0 Å². The molecule has 0 aromatic heterocycles. The monoisotopic (exact) mass is 532 g/mol. The molecule has 0 spiro atoms. The van der Waals surface area contributed by atoms with Crippen LogP contribution in [-0.4, -0.2) is 58.3 Å². The number of hydrogen-bond donors (Lipinski definition) is 4. The van der Waals surface area contributed by atoms with E-state index in [1.54, 1.807) is 0 Å². The van der Waals surface area contributed by atoms with Gasteiger partial charge in [0, 0.05) is 5.41 Å². The van der Waals surface area contributed by atoms with Crippen LogP contribution in [0, 0.1) is 50.2 Å². The zero-order valence-corrected chi connectivity index (χ0v) is 24.0. The lowest BCUT2D eigenvalue weighted by Crippen LogP contribution is -2.68. The van der Waals surface area contributed by atoms with Crippen molar-refractivity contribution in [1.29, 1.82) is 0 Å². The molecular weight excluding hydrogens is 484 g/mol. The Balaban J connectivity index is 1.61. The molecule has 11 atom stereocenters. The van der Waals surface area contributed by atoms with Crippen molar-refractivity contribution in [3.8, 4) is 0 Å². The molecule has 0 radical (unpaired) electrons. The SMILES string of the molecule is COC(=O)[C@]1(C)CC[C@]2(C(=O)O)CC[C@]3(C)C(=CC[C@@H]4[C@]5(C)C[C@H](O)[C@H](O)[C@](C)(CO)[C@@H]5CC[C@@]43C)[C@@H]2C1. The van der Waals surface area contributed by atoms with E-state index in [0.717, 1.165) is 25.7 Å². The van der Waals surface area contributed by atoms with Crippen molar-refractivity contribution in [2.75, 3.05) is 13.7 Å². The molecule has 0 amide bonds. The Morgan fingerprint density at radius 2 is 1.63 bits per heavy atom. The third kappa shape index (κ3) is 3.24. The summed E-state index contributed by atoms with van der Waals surface area (Å²) in [5, 5.41) is 43.0. The van der Waals surface area contributed by atoms with Crippen LogP contribution in [0.3, 0.4) is 0 Å². The van der Waals surface area contributed by atoms with E-state index in [-0.39, 0.29) is 46.6 Å². The number of ether oxygens (including phenoxy) is 1. The molecule has 4 N–H and O–H groups in total. The van der Waals surface area contributed by atoms with Crippen molar-refractivity contribution in [3.63, 3.8) is 0 Å². The minimum atomic E-state index is -0.954. The van der Waals surface area contributed by atoms with Gasteiger partial charge in [-0.3, -0.25) is 9.59 Å². The molecular formula is C31H48O7. The van der Waals surface area contributed by atoms with E-state index in [1.165, 1.54) is 12.7 Å². The first-order chi connectivity index (χ1) is 17.6. The van der Waals surface area contributed by atoms with Crippen molar-refractivity contribution >= 4 is 11.9 Å². The molecule has 7 heteroatoms. The van der Waals surface area contributed by atoms with Crippen LogP contribution in [0.15, 0.2) is 11.6 Å². The number of carboxylic acid groups (broad SMARTS) is 1. The molecule has 4 saturated carbocycles. The first-order valence-electron chi connectivity index (χ1n) is 14.6. The number of aliphatic carboxylic acids is 1. The van der Waals surface area contributed by atoms with Gasteiger partial charge in [-0.1, -0.05) is 39.3 Å². The molecule has 0 aliphatic heterocycles. The number of rotatable bonds is 3. The summed E-state index contributed by atoms with van der Waals surface area (Å²) in [5.41, 5.74) is -1.76. The lowest BCUT2D eigenvalue weighted by molar-refractivity contribution is -0.243. The Morgan fingerprint density at radius 1 is 0.974 bits per heavy atom. The highest BCUT2D eigenvalue weighted by Gasteiger charge is 2.71. The molecule has 5 rings (SSSR count). The van der Waals surface area contributed by atoms with Crippen LogP contribution in [0.1, 0.15) is 92.4 Å². The molecule has 0 aromatic rings. The average Bonchev–Trinajstić information content (AvgIpc) is 2.87. The summed E-state index contributed by atoms with van der Waals surface area (Å²) in [6.07, 6.45) is 6.37. The second-order valence-electron chi connectivity index (χ2n) is 14.9.